The molecule has 4 heterocycles. The molecule has 3 aromatic rings. The van der Waals surface area contributed by atoms with E-state index in [4.69, 9.17) is 21.7 Å². The van der Waals surface area contributed by atoms with Gasteiger partial charge in [-0.15, -0.1) is 5.10 Å². The molecule has 2 bridgehead atoms. The lowest BCUT2D eigenvalue weighted by molar-refractivity contribution is 0.374. The molecule has 1 saturated heterocycles. The maximum absolute atomic E-state index is 6.13. The van der Waals surface area contributed by atoms with Crippen LogP contribution in [0.1, 0.15) is 55.1 Å². The molecule has 2 aromatic heterocycles. The number of fused-ring (bicyclic) bond motifs is 3. The van der Waals surface area contributed by atoms with E-state index in [1.54, 1.807) is 6.33 Å². The van der Waals surface area contributed by atoms with E-state index in [1.807, 2.05) is 19.1 Å². The maximum atomic E-state index is 6.13. The summed E-state index contributed by atoms with van der Waals surface area (Å²) in [5, 5.41) is 9.45. The number of halogens is 1. The molecule has 1 aliphatic carbocycles. The predicted molar refractivity (Wildman–Crippen MR) is 130 cm³/mol. The molecule has 3 aliphatic rings. The summed E-state index contributed by atoms with van der Waals surface area (Å²) in [6, 6.07) is 10.7. The molecule has 0 amide bonds. The van der Waals surface area contributed by atoms with E-state index in [0.29, 0.717) is 17.9 Å². The number of nitrogens with zero attached hydrogens (tertiary/aromatic N) is 6. The average Bonchev–Trinajstić information content (AvgIpc) is 3.22. The Kier molecular flexibility index (Phi) is 5.45. The van der Waals surface area contributed by atoms with Crippen molar-refractivity contribution in [2.24, 2.45) is 11.8 Å². The van der Waals surface area contributed by atoms with Crippen LogP contribution in [0.2, 0.25) is 5.02 Å². The number of rotatable bonds is 4. The van der Waals surface area contributed by atoms with Crippen LogP contribution in [-0.2, 0) is 6.54 Å². The minimum absolute atomic E-state index is 0.271. The number of aryl methyl sites for hydroxylation is 2. The topological polar surface area (TPSA) is 71.8 Å². The largest absolute Gasteiger partial charge is 0.356 e. The molecule has 7 nitrogen and oxygen atoms in total. The van der Waals surface area contributed by atoms with Crippen LogP contribution in [-0.4, -0.2) is 43.9 Å². The molecular formula is C25H30ClN7. The van der Waals surface area contributed by atoms with Crippen LogP contribution >= 0.6 is 11.6 Å². The molecule has 6 rings (SSSR count). The lowest BCUT2D eigenvalue weighted by atomic mass is 9.92. The molecule has 2 fully saturated rings. The first-order valence-corrected chi connectivity index (χ1v) is 12.5. The lowest BCUT2D eigenvalue weighted by Crippen LogP contribution is -2.48. The SMILES string of the molecule is Cc1cc(N2C[C@H]3CC[C@@H](C2)C3Nc2nc3n(n2)CCCC[C@@H]3c2ccc(Cl)cc2)ncn1. The summed E-state index contributed by atoms with van der Waals surface area (Å²) >= 11 is 6.13. The molecule has 0 spiro atoms. The highest BCUT2D eigenvalue weighted by molar-refractivity contribution is 6.30. The van der Waals surface area contributed by atoms with E-state index >= 15 is 0 Å². The second-order valence-electron chi connectivity index (χ2n) is 9.81. The predicted octanol–water partition coefficient (Wildman–Crippen LogP) is 4.67. The van der Waals surface area contributed by atoms with Gasteiger partial charge in [-0.05, 0) is 62.1 Å². The molecule has 1 unspecified atom stereocenters. The van der Waals surface area contributed by atoms with Crippen molar-refractivity contribution in [3.05, 3.63) is 58.8 Å². The first kappa shape index (κ1) is 20.9. The van der Waals surface area contributed by atoms with Crippen LogP contribution in [0.25, 0.3) is 0 Å². The zero-order chi connectivity index (χ0) is 22.4. The highest BCUT2D eigenvalue weighted by Crippen LogP contribution is 2.40. The molecule has 33 heavy (non-hydrogen) atoms. The first-order chi connectivity index (χ1) is 16.1. The van der Waals surface area contributed by atoms with Gasteiger partial charge in [0.05, 0.1) is 0 Å². The molecule has 0 radical (unpaired) electrons. The van der Waals surface area contributed by atoms with Crippen LogP contribution in [0, 0.1) is 18.8 Å². The van der Waals surface area contributed by atoms with Crippen molar-refractivity contribution in [1.82, 2.24) is 24.7 Å². The Morgan fingerprint density at radius 3 is 2.55 bits per heavy atom. The minimum atomic E-state index is 0.271. The van der Waals surface area contributed by atoms with Crippen LogP contribution in [0.3, 0.4) is 0 Å². The van der Waals surface area contributed by atoms with Gasteiger partial charge in [-0.1, -0.05) is 30.2 Å². The van der Waals surface area contributed by atoms with E-state index in [0.717, 1.165) is 60.8 Å². The van der Waals surface area contributed by atoms with Crippen LogP contribution in [0.4, 0.5) is 11.8 Å². The Labute approximate surface area is 199 Å². The average molecular weight is 464 g/mol. The number of hydrogen-bond donors (Lipinski definition) is 1. The second-order valence-corrected chi connectivity index (χ2v) is 10.2. The van der Waals surface area contributed by atoms with Crippen molar-refractivity contribution < 1.29 is 0 Å². The highest BCUT2D eigenvalue weighted by atomic mass is 35.5. The third-order valence-electron chi connectivity index (χ3n) is 7.64. The van der Waals surface area contributed by atoms with Crippen molar-refractivity contribution in [2.75, 3.05) is 23.3 Å². The first-order valence-electron chi connectivity index (χ1n) is 12.1. The smallest absolute Gasteiger partial charge is 0.242 e. The van der Waals surface area contributed by atoms with Gasteiger partial charge in [-0.25, -0.2) is 14.6 Å². The normalized spacial score (nSPS) is 26.7. The number of hydrogen-bond acceptors (Lipinski definition) is 6. The quantitative estimate of drug-likeness (QED) is 0.606. The van der Waals surface area contributed by atoms with Gasteiger partial charge in [0.2, 0.25) is 5.95 Å². The number of benzene rings is 1. The summed E-state index contributed by atoms with van der Waals surface area (Å²) in [4.78, 5) is 16.3. The zero-order valence-corrected chi connectivity index (χ0v) is 19.7. The number of aromatic nitrogens is 5. The fraction of sp³-hybridized carbons (Fsp3) is 0.520. The fourth-order valence-corrected chi connectivity index (χ4v) is 6.12. The van der Waals surface area contributed by atoms with Gasteiger partial charge >= 0.3 is 0 Å². The van der Waals surface area contributed by atoms with Crippen LogP contribution in [0.15, 0.2) is 36.7 Å². The lowest BCUT2D eigenvalue weighted by Gasteiger charge is -2.38. The third kappa shape index (κ3) is 4.07. The summed E-state index contributed by atoms with van der Waals surface area (Å²) < 4.78 is 2.13. The molecule has 2 aliphatic heterocycles. The molecule has 172 valence electrons. The maximum Gasteiger partial charge on any atom is 0.242 e. The van der Waals surface area contributed by atoms with E-state index in [2.05, 4.69) is 43.1 Å². The van der Waals surface area contributed by atoms with Gasteiger partial charge < -0.3 is 10.2 Å². The summed E-state index contributed by atoms with van der Waals surface area (Å²) in [7, 11) is 0. The Hall–Kier alpha value is -2.67. The monoisotopic (exact) mass is 463 g/mol. The number of piperidine rings is 1. The molecule has 8 heteroatoms. The molecule has 1 N–H and O–H groups in total. The van der Waals surface area contributed by atoms with Gasteiger partial charge in [0.1, 0.15) is 18.0 Å². The minimum Gasteiger partial charge on any atom is -0.356 e. The zero-order valence-electron chi connectivity index (χ0n) is 19.0. The number of nitrogens with one attached hydrogen (secondary N) is 1. The van der Waals surface area contributed by atoms with Crippen LogP contribution < -0.4 is 10.2 Å². The molecule has 1 saturated carbocycles. The van der Waals surface area contributed by atoms with Gasteiger partial charge in [0.15, 0.2) is 0 Å². The summed E-state index contributed by atoms with van der Waals surface area (Å²) in [6.45, 7) is 5.00. The van der Waals surface area contributed by atoms with Crippen molar-refractivity contribution in [3.8, 4) is 0 Å². The van der Waals surface area contributed by atoms with E-state index in [1.165, 1.54) is 24.8 Å². The molecular weight excluding hydrogens is 434 g/mol. The third-order valence-corrected chi connectivity index (χ3v) is 7.89. The summed E-state index contributed by atoms with van der Waals surface area (Å²) in [6.07, 6.45) is 7.58. The van der Waals surface area contributed by atoms with Gasteiger partial charge in [0.25, 0.3) is 0 Å². The summed E-state index contributed by atoms with van der Waals surface area (Å²) in [5.74, 6) is 4.35. The van der Waals surface area contributed by atoms with Gasteiger partial charge in [0, 0.05) is 48.4 Å². The van der Waals surface area contributed by atoms with Crippen molar-refractivity contribution in [3.63, 3.8) is 0 Å². The number of anilines is 2. The van der Waals surface area contributed by atoms with Crippen molar-refractivity contribution in [2.45, 2.75) is 57.5 Å². The second kappa shape index (κ2) is 8.60. The Balaban J connectivity index is 1.21. The van der Waals surface area contributed by atoms with Crippen molar-refractivity contribution >= 4 is 23.4 Å². The standard InChI is InChI=1S/C25H30ClN7/c1-16-12-22(28-15-27-16)32-13-18-5-6-19(14-32)23(18)29-25-30-24-21(4-2-3-11-33(24)31-25)17-7-9-20(26)10-8-17/h7-10,12,15,18-19,21,23H,2-6,11,13-14H2,1H3,(H,29,31)/t18-,19+,21-,23?/m1/s1. The Bertz CT molecular complexity index is 1110. The highest BCUT2D eigenvalue weighted by Gasteiger charge is 2.43. The van der Waals surface area contributed by atoms with Crippen molar-refractivity contribution in [1.29, 1.82) is 0 Å². The fourth-order valence-electron chi connectivity index (χ4n) is 6.00. The van der Waals surface area contributed by atoms with E-state index < -0.39 is 0 Å². The Morgan fingerprint density at radius 1 is 1.00 bits per heavy atom. The van der Waals surface area contributed by atoms with E-state index in [-0.39, 0.29) is 5.92 Å². The molecule has 4 atom stereocenters. The van der Waals surface area contributed by atoms with E-state index in [9.17, 15) is 0 Å². The van der Waals surface area contributed by atoms with Gasteiger partial charge in [-0.2, -0.15) is 4.98 Å². The summed E-state index contributed by atoms with van der Waals surface area (Å²) in [5.41, 5.74) is 2.29. The van der Waals surface area contributed by atoms with Crippen LogP contribution in [0.5, 0.6) is 0 Å². The molecule has 1 aromatic carbocycles. The Morgan fingerprint density at radius 2 is 1.79 bits per heavy atom. The van der Waals surface area contributed by atoms with Gasteiger partial charge in [-0.3, -0.25) is 0 Å².